The molecule has 0 atom stereocenters. The molecule has 0 fully saturated rings. The molecule has 0 saturated heterocycles. The van der Waals surface area contributed by atoms with E-state index in [4.69, 9.17) is 0 Å². The fraction of sp³-hybridized carbons (Fsp3) is 0.323. The van der Waals surface area contributed by atoms with Gasteiger partial charge in [-0.25, -0.2) is 0 Å². The molecule has 3 aromatic heterocycles. The molecule has 0 aliphatic heterocycles. The summed E-state index contributed by atoms with van der Waals surface area (Å²) in [6.07, 6.45) is 7.45. The standard InChI is InChI=1S/C27H29N5.C4H9O.2F6P.Fe/c1-2-10-24(11-3-1)20-31(21-25-12-4-7-15-28-25)18-19-32(22-26-13-5-8-16-29-26)23-27-14-6-9-17-30-27;1-2-3-4-5;2*1-7(2,3,4,5)6;/h1-17H,18-23H2;2-4H2,1H3;;;/q;3*-1;+5. The number of hydrogen-bond acceptors (Lipinski definition) is 6. The number of aromatic nitrogens is 3. The number of halogens is 12. The number of nitrogens with zero attached hydrogens (tertiary/aromatic N) is 5. The van der Waals surface area contributed by atoms with Crippen molar-refractivity contribution in [3.63, 3.8) is 0 Å². The monoisotopic (exact) mass is 842 g/mol. The summed E-state index contributed by atoms with van der Waals surface area (Å²) in [5.41, 5.74) is 4.54. The van der Waals surface area contributed by atoms with Crippen molar-refractivity contribution >= 4 is 15.6 Å². The molecule has 21 heteroatoms. The van der Waals surface area contributed by atoms with E-state index in [1.807, 2.05) is 55.8 Å². The predicted molar refractivity (Wildman–Crippen MR) is 174 cm³/mol. The van der Waals surface area contributed by atoms with Crippen LogP contribution < -0.4 is 5.11 Å². The molecule has 1 radical (unpaired) electrons. The Bertz CT molecular complexity index is 1310. The van der Waals surface area contributed by atoms with Crippen LogP contribution in [0.15, 0.2) is 104 Å². The SMILES string of the molecule is CCCC[O-].F[P-](F)(F)(F)(F)F.F[P-](F)(F)(F)(F)F.[Fe+5].c1ccc(CN(CCN(Cc2ccccn2)Cc2ccccn2)Cc2ccccn2)cc1. The van der Waals surface area contributed by atoms with Crippen molar-refractivity contribution in [2.45, 2.75) is 45.9 Å². The second kappa shape index (κ2) is 19.4. The third kappa shape index (κ3) is 36.9. The molecule has 6 nitrogen and oxygen atoms in total. The van der Waals surface area contributed by atoms with Gasteiger partial charge in [-0.05, 0) is 42.0 Å². The van der Waals surface area contributed by atoms with E-state index in [1.165, 1.54) is 5.56 Å². The van der Waals surface area contributed by atoms with E-state index in [-0.39, 0.29) is 23.7 Å². The fourth-order valence-corrected chi connectivity index (χ4v) is 3.86. The van der Waals surface area contributed by atoms with Crippen molar-refractivity contribution in [1.29, 1.82) is 0 Å². The molecule has 4 rings (SSSR count). The van der Waals surface area contributed by atoms with Crippen molar-refractivity contribution in [1.82, 2.24) is 24.8 Å². The summed E-state index contributed by atoms with van der Waals surface area (Å²) in [6.45, 7) is 7.22. The smallest absolute Gasteiger partial charge is 0.292 e. The molecule has 0 spiro atoms. The molecule has 52 heavy (non-hydrogen) atoms. The molecule has 4 aromatic rings. The van der Waals surface area contributed by atoms with E-state index < -0.39 is 15.6 Å². The second-order valence-corrected chi connectivity index (χ2v) is 14.7. The molecule has 0 aliphatic rings. The third-order valence-electron chi connectivity index (χ3n) is 5.81. The molecule has 3 heterocycles. The largest absolute Gasteiger partial charge is 5.00 e. The molecular formula is C31H38F12FeN5OP2+2. The van der Waals surface area contributed by atoms with E-state index in [0.717, 1.165) is 69.2 Å². The molecule has 0 N–H and O–H groups in total. The van der Waals surface area contributed by atoms with Crippen molar-refractivity contribution < 1.29 is 72.5 Å². The zero-order valence-electron chi connectivity index (χ0n) is 27.6. The van der Waals surface area contributed by atoms with Crippen LogP contribution in [0.5, 0.6) is 0 Å². The van der Waals surface area contributed by atoms with Crippen LogP contribution >= 0.6 is 15.6 Å². The van der Waals surface area contributed by atoms with E-state index in [2.05, 4.69) is 79.3 Å². The quantitative estimate of drug-likeness (QED) is 0.0759. The normalized spacial score (nSPS) is 13.9. The van der Waals surface area contributed by atoms with Gasteiger partial charge < -0.3 is 5.11 Å². The van der Waals surface area contributed by atoms with Gasteiger partial charge in [-0.15, -0.1) is 6.61 Å². The number of rotatable bonds is 13. The van der Waals surface area contributed by atoms with Gasteiger partial charge >= 0.3 is 83.0 Å². The minimum atomic E-state index is -10.7. The molecule has 293 valence electrons. The summed E-state index contributed by atoms with van der Waals surface area (Å²) in [7, 11) is -21.3. The molecule has 0 unspecified atom stereocenters. The Balaban J connectivity index is 0.00000107. The zero-order chi connectivity index (χ0) is 38.8. The molecule has 0 amide bonds. The fourth-order valence-electron chi connectivity index (χ4n) is 3.86. The van der Waals surface area contributed by atoms with Crippen LogP contribution in [0.2, 0.25) is 0 Å². The maximum atomic E-state index is 9.87. The third-order valence-corrected chi connectivity index (χ3v) is 5.81. The Labute approximate surface area is 304 Å². The van der Waals surface area contributed by atoms with Crippen LogP contribution in [0.3, 0.4) is 0 Å². The number of hydrogen-bond donors (Lipinski definition) is 0. The van der Waals surface area contributed by atoms with Gasteiger partial charge in [-0.2, -0.15) is 0 Å². The van der Waals surface area contributed by atoms with Gasteiger partial charge in [0.1, 0.15) is 0 Å². The van der Waals surface area contributed by atoms with Crippen LogP contribution in [0.1, 0.15) is 42.4 Å². The van der Waals surface area contributed by atoms with Crippen LogP contribution in [0.25, 0.3) is 0 Å². The van der Waals surface area contributed by atoms with Crippen molar-refractivity contribution in [3.8, 4) is 0 Å². The second-order valence-electron chi connectivity index (χ2n) is 10.8. The first-order valence-corrected chi connectivity index (χ1v) is 19.1. The average molecular weight is 842 g/mol. The molecule has 0 saturated carbocycles. The van der Waals surface area contributed by atoms with E-state index in [0.29, 0.717) is 0 Å². The zero-order valence-corrected chi connectivity index (χ0v) is 30.5. The van der Waals surface area contributed by atoms with Crippen molar-refractivity contribution in [2.75, 3.05) is 19.7 Å². The summed E-state index contributed by atoms with van der Waals surface area (Å²) in [5, 5.41) is 9.53. The first kappa shape index (κ1) is 49.1. The molecule has 0 aliphatic carbocycles. The number of pyridine rings is 3. The Morgan fingerprint density at radius 1 is 0.500 bits per heavy atom. The Morgan fingerprint density at radius 3 is 1.06 bits per heavy atom. The van der Waals surface area contributed by atoms with Gasteiger partial charge in [0.15, 0.2) is 0 Å². The molecule has 0 bridgehead atoms. The minimum absolute atomic E-state index is 0. The van der Waals surface area contributed by atoms with E-state index in [1.54, 1.807) is 0 Å². The summed E-state index contributed by atoms with van der Waals surface area (Å²) in [4.78, 5) is 18.5. The first-order chi connectivity index (χ1) is 23.2. The Morgan fingerprint density at radius 2 is 0.808 bits per heavy atom. The van der Waals surface area contributed by atoms with Crippen LogP contribution in [-0.2, 0) is 43.2 Å². The average Bonchev–Trinajstić information content (AvgIpc) is 2.99. The molecular weight excluding hydrogens is 804 g/mol. The Kier molecular flexibility index (Phi) is 18.3. The summed E-state index contributed by atoms with van der Waals surface area (Å²) in [6, 6.07) is 28.9. The predicted octanol–water partition coefficient (Wildman–Crippen LogP) is 11.5. The van der Waals surface area contributed by atoms with E-state index in [9.17, 15) is 55.5 Å². The van der Waals surface area contributed by atoms with Gasteiger partial charge in [0, 0.05) is 57.9 Å². The summed E-state index contributed by atoms with van der Waals surface area (Å²) < 4.78 is 118. The van der Waals surface area contributed by atoms with E-state index >= 15 is 0 Å². The topological polar surface area (TPSA) is 68.2 Å². The van der Waals surface area contributed by atoms with Gasteiger partial charge in [-0.3, -0.25) is 24.8 Å². The molecule has 1 aromatic carbocycles. The summed E-state index contributed by atoms with van der Waals surface area (Å²) in [5.74, 6) is 0. The van der Waals surface area contributed by atoms with Crippen LogP contribution in [0.4, 0.5) is 50.4 Å². The minimum Gasteiger partial charge on any atom is -0.292 e. The first-order valence-electron chi connectivity index (χ1n) is 15.1. The number of benzene rings is 1. The number of unbranched alkanes of at least 4 members (excludes halogenated alkanes) is 1. The van der Waals surface area contributed by atoms with Crippen molar-refractivity contribution in [2.24, 2.45) is 0 Å². The summed E-state index contributed by atoms with van der Waals surface area (Å²) >= 11 is 0. The Hall–Kier alpha value is -2.91. The van der Waals surface area contributed by atoms with Crippen molar-refractivity contribution in [3.05, 3.63) is 126 Å². The van der Waals surface area contributed by atoms with Gasteiger partial charge in [-0.1, -0.05) is 68.3 Å². The maximum absolute atomic E-state index is 10.7. The van der Waals surface area contributed by atoms with Gasteiger partial charge in [0.2, 0.25) is 0 Å². The van der Waals surface area contributed by atoms with Crippen LogP contribution in [0, 0.1) is 0 Å². The van der Waals surface area contributed by atoms with Crippen LogP contribution in [-0.4, -0.2) is 44.4 Å². The van der Waals surface area contributed by atoms with Gasteiger partial charge in [0.25, 0.3) is 0 Å². The van der Waals surface area contributed by atoms with Gasteiger partial charge in [0.05, 0.1) is 17.1 Å². The maximum Gasteiger partial charge on any atom is 5.00 e.